The third-order valence-electron chi connectivity index (χ3n) is 5.84. The largest absolute Gasteiger partial charge is 0.378 e. The highest BCUT2D eigenvalue weighted by molar-refractivity contribution is 5.88. The molecule has 0 unspecified atom stereocenters. The van der Waals surface area contributed by atoms with E-state index in [4.69, 9.17) is 0 Å². The lowest BCUT2D eigenvalue weighted by atomic mass is 10.1. The minimum atomic E-state index is -0.363. The molecule has 0 bridgehead atoms. The van der Waals surface area contributed by atoms with Crippen LogP contribution in [0.25, 0.3) is 0 Å². The summed E-state index contributed by atoms with van der Waals surface area (Å²) in [4.78, 5) is 37.7. The minimum Gasteiger partial charge on any atom is -0.378 e. The van der Waals surface area contributed by atoms with Crippen LogP contribution < -0.4 is 20.9 Å². The van der Waals surface area contributed by atoms with Gasteiger partial charge in [-0.2, -0.15) is 0 Å². The fraction of sp³-hybridized carbons (Fsp3) is 0.667. The molecule has 34 heavy (non-hydrogen) atoms. The molecule has 1 aromatic carbocycles. The Bertz CT molecular complexity index is 704. The van der Waals surface area contributed by atoms with E-state index in [0.717, 1.165) is 30.5 Å². The molecule has 0 heterocycles. The van der Waals surface area contributed by atoms with Crippen molar-refractivity contribution in [3.63, 3.8) is 0 Å². The number of nitrogens with zero attached hydrogens (tertiary/aromatic N) is 1. The average Bonchev–Trinajstić information content (AvgIpc) is 2.83. The monoisotopic (exact) mass is 474 g/mol. The van der Waals surface area contributed by atoms with Crippen molar-refractivity contribution in [2.75, 3.05) is 32.1 Å². The molecule has 192 valence electrons. The smallest absolute Gasteiger partial charge is 0.239 e. The Morgan fingerprint density at radius 2 is 1.12 bits per heavy atom. The van der Waals surface area contributed by atoms with Crippen molar-refractivity contribution in [2.24, 2.45) is 0 Å². The van der Waals surface area contributed by atoms with Crippen LogP contribution in [0.1, 0.15) is 89.5 Å². The Balaban J connectivity index is 1.99. The van der Waals surface area contributed by atoms with Crippen LogP contribution in [-0.2, 0) is 20.9 Å². The van der Waals surface area contributed by atoms with E-state index in [1.165, 1.54) is 51.4 Å². The van der Waals surface area contributed by atoms with Crippen LogP contribution in [0.4, 0.5) is 5.69 Å². The van der Waals surface area contributed by atoms with Crippen LogP contribution in [0.3, 0.4) is 0 Å². The Labute approximate surface area is 206 Å². The van der Waals surface area contributed by atoms with E-state index in [2.05, 4.69) is 22.9 Å². The molecular weight excluding hydrogens is 428 g/mol. The number of carbonyl (C=O) groups is 3. The number of carbonyl (C=O) groups excluding carboxylic acids is 3. The molecule has 0 saturated carbocycles. The van der Waals surface area contributed by atoms with Crippen LogP contribution >= 0.6 is 0 Å². The number of hydrogen-bond acceptors (Lipinski definition) is 4. The second-order valence-electron chi connectivity index (χ2n) is 9.18. The lowest BCUT2D eigenvalue weighted by Crippen LogP contribution is -2.41. The summed E-state index contributed by atoms with van der Waals surface area (Å²) in [5.74, 6) is -0.744. The molecule has 0 saturated heterocycles. The lowest BCUT2D eigenvalue weighted by Gasteiger charge is -2.13. The Morgan fingerprint density at radius 3 is 1.65 bits per heavy atom. The van der Waals surface area contributed by atoms with E-state index < -0.39 is 0 Å². The molecule has 0 atom stereocenters. The van der Waals surface area contributed by atoms with Gasteiger partial charge in [-0.15, -0.1) is 0 Å². The van der Waals surface area contributed by atoms with E-state index in [9.17, 15) is 14.4 Å². The van der Waals surface area contributed by atoms with Crippen LogP contribution in [0.5, 0.6) is 0 Å². The molecule has 3 N–H and O–H groups in total. The molecule has 3 amide bonds. The Morgan fingerprint density at radius 1 is 0.647 bits per heavy atom. The van der Waals surface area contributed by atoms with Gasteiger partial charge in [-0.05, 0) is 24.1 Å². The topological polar surface area (TPSA) is 90.5 Å². The molecular formula is C27H46N4O3. The zero-order valence-corrected chi connectivity index (χ0v) is 21.6. The summed E-state index contributed by atoms with van der Waals surface area (Å²) >= 11 is 0. The summed E-state index contributed by atoms with van der Waals surface area (Å²) in [5.41, 5.74) is 2.08. The number of rotatable bonds is 19. The lowest BCUT2D eigenvalue weighted by molar-refractivity contribution is -0.127. The second-order valence-corrected chi connectivity index (χ2v) is 9.18. The first kappa shape index (κ1) is 29.5. The molecule has 0 aliphatic carbocycles. The van der Waals surface area contributed by atoms with Crippen molar-refractivity contribution in [3.05, 3.63) is 29.8 Å². The van der Waals surface area contributed by atoms with Gasteiger partial charge in [-0.3, -0.25) is 14.4 Å². The number of unbranched alkanes of at least 4 members (excludes halogenated alkanes) is 10. The van der Waals surface area contributed by atoms with Crippen molar-refractivity contribution in [2.45, 2.75) is 90.5 Å². The predicted octanol–water partition coefficient (Wildman–Crippen LogP) is 4.30. The van der Waals surface area contributed by atoms with Gasteiger partial charge in [0.25, 0.3) is 0 Å². The van der Waals surface area contributed by atoms with E-state index in [0.29, 0.717) is 13.0 Å². The molecule has 0 fully saturated rings. The second kappa shape index (κ2) is 18.8. The zero-order chi connectivity index (χ0) is 25.0. The van der Waals surface area contributed by atoms with E-state index in [-0.39, 0.29) is 30.8 Å². The summed E-state index contributed by atoms with van der Waals surface area (Å²) in [6.07, 6.45) is 14.1. The number of amides is 3. The molecule has 0 spiro atoms. The van der Waals surface area contributed by atoms with Gasteiger partial charge in [-0.1, -0.05) is 83.3 Å². The van der Waals surface area contributed by atoms with E-state index in [1.54, 1.807) is 0 Å². The normalized spacial score (nSPS) is 10.6. The molecule has 7 nitrogen and oxygen atoms in total. The van der Waals surface area contributed by atoms with Gasteiger partial charge in [0.1, 0.15) is 0 Å². The van der Waals surface area contributed by atoms with Gasteiger partial charge in [0.05, 0.1) is 13.1 Å². The third-order valence-corrected chi connectivity index (χ3v) is 5.84. The number of anilines is 1. The molecule has 1 rings (SSSR count). The standard InChI is InChI=1S/C27H46N4O3/c1-4-5-6-7-8-9-10-11-12-13-14-15-25(32)29-21-27(34)30-22-26(33)28-20-23-16-18-24(19-17-23)31(2)3/h16-19H,4-15,20-22H2,1-3H3,(H,28,33)(H,29,32)(H,30,34). The van der Waals surface area contributed by atoms with Crippen molar-refractivity contribution < 1.29 is 14.4 Å². The first-order valence-electron chi connectivity index (χ1n) is 13.0. The number of hydrogen-bond donors (Lipinski definition) is 3. The number of nitrogens with one attached hydrogen (secondary N) is 3. The number of benzene rings is 1. The van der Waals surface area contributed by atoms with E-state index >= 15 is 0 Å². The van der Waals surface area contributed by atoms with Crippen molar-refractivity contribution >= 4 is 23.4 Å². The first-order valence-corrected chi connectivity index (χ1v) is 13.0. The van der Waals surface area contributed by atoms with Gasteiger partial charge in [0.2, 0.25) is 17.7 Å². The van der Waals surface area contributed by atoms with Gasteiger partial charge < -0.3 is 20.9 Å². The van der Waals surface area contributed by atoms with E-state index in [1.807, 2.05) is 43.3 Å². The van der Waals surface area contributed by atoms with Gasteiger partial charge >= 0.3 is 0 Å². The SMILES string of the molecule is CCCCCCCCCCCCCC(=O)NCC(=O)NCC(=O)NCc1ccc(N(C)C)cc1. The quantitative estimate of drug-likeness (QED) is 0.261. The Hall–Kier alpha value is -2.57. The Kier molecular flexibility index (Phi) is 16.3. The zero-order valence-electron chi connectivity index (χ0n) is 21.6. The van der Waals surface area contributed by atoms with Crippen LogP contribution in [0.15, 0.2) is 24.3 Å². The molecule has 7 heteroatoms. The highest BCUT2D eigenvalue weighted by atomic mass is 16.2. The molecule has 0 aliphatic heterocycles. The fourth-order valence-corrected chi connectivity index (χ4v) is 3.63. The highest BCUT2D eigenvalue weighted by Gasteiger charge is 2.08. The first-order chi connectivity index (χ1) is 16.4. The highest BCUT2D eigenvalue weighted by Crippen LogP contribution is 2.12. The van der Waals surface area contributed by atoms with Crippen molar-refractivity contribution in [1.29, 1.82) is 0 Å². The summed E-state index contributed by atoms with van der Waals surface area (Å²) in [6, 6.07) is 7.89. The summed E-state index contributed by atoms with van der Waals surface area (Å²) in [5, 5.41) is 7.94. The van der Waals surface area contributed by atoms with Gasteiger partial charge in [0, 0.05) is 32.7 Å². The average molecular weight is 475 g/mol. The minimum absolute atomic E-state index is 0.101. The maximum atomic E-state index is 11.9. The maximum Gasteiger partial charge on any atom is 0.239 e. The molecule has 0 aromatic heterocycles. The summed E-state index contributed by atoms with van der Waals surface area (Å²) < 4.78 is 0. The van der Waals surface area contributed by atoms with Crippen molar-refractivity contribution in [1.82, 2.24) is 16.0 Å². The molecule has 0 radical (unpaired) electrons. The van der Waals surface area contributed by atoms with Gasteiger partial charge in [0.15, 0.2) is 0 Å². The van der Waals surface area contributed by atoms with Crippen LogP contribution in [-0.4, -0.2) is 44.9 Å². The predicted molar refractivity (Wildman–Crippen MR) is 140 cm³/mol. The summed E-state index contributed by atoms with van der Waals surface area (Å²) in [7, 11) is 3.95. The van der Waals surface area contributed by atoms with Crippen LogP contribution in [0, 0.1) is 0 Å². The fourth-order valence-electron chi connectivity index (χ4n) is 3.63. The van der Waals surface area contributed by atoms with Gasteiger partial charge in [-0.25, -0.2) is 0 Å². The van der Waals surface area contributed by atoms with Crippen LogP contribution in [0.2, 0.25) is 0 Å². The summed E-state index contributed by atoms with van der Waals surface area (Å²) in [6.45, 7) is 2.43. The van der Waals surface area contributed by atoms with Crippen molar-refractivity contribution in [3.8, 4) is 0 Å². The third kappa shape index (κ3) is 15.3. The molecule has 1 aromatic rings. The molecule has 0 aliphatic rings. The maximum absolute atomic E-state index is 11.9.